The largest absolute Gasteiger partial charge is 0.497 e. The van der Waals surface area contributed by atoms with Crippen molar-refractivity contribution in [2.24, 2.45) is 0 Å². The number of hydrogen-bond donors (Lipinski definition) is 1. The molecule has 1 aliphatic heterocycles. The maximum atomic E-state index is 12.3. The van der Waals surface area contributed by atoms with Gasteiger partial charge in [-0.25, -0.2) is 8.42 Å². The Morgan fingerprint density at radius 2 is 2.15 bits per heavy atom. The summed E-state index contributed by atoms with van der Waals surface area (Å²) in [6, 6.07) is 5.08. The molecule has 1 aliphatic rings. The number of hydrogen-bond acceptors (Lipinski definition) is 4. The minimum absolute atomic E-state index is 0.0205. The van der Waals surface area contributed by atoms with Gasteiger partial charge in [0.25, 0.3) is 5.91 Å². The van der Waals surface area contributed by atoms with E-state index in [0.717, 1.165) is 0 Å². The number of carbonyl (C=O) groups is 1. The number of carbonyl (C=O) groups excluding carboxylic acids is 1. The van der Waals surface area contributed by atoms with E-state index in [-0.39, 0.29) is 17.4 Å². The monoisotopic (exact) mass is 361 g/mol. The van der Waals surface area contributed by atoms with Gasteiger partial charge in [-0.2, -0.15) is 0 Å². The van der Waals surface area contributed by atoms with Gasteiger partial charge in [0.1, 0.15) is 5.75 Å². The first-order valence-electron chi connectivity index (χ1n) is 6.11. The summed E-state index contributed by atoms with van der Waals surface area (Å²) in [7, 11) is -1.53. The van der Waals surface area contributed by atoms with Crippen molar-refractivity contribution in [3.05, 3.63) is 28.2 Å². The zero-order valence-corrected chi connectivity index (χ0v) is 13.7. The third-order valence-electron chi connectivity index (χ3n) is 3.34. The van der Waals surface area contributed by atoms with E-state index in [1.165, 1.54) is 7.11 Å². The van der Waals surface area contributed by atoms with Crippen molar-refractivity contribution in [2.45, 2.75) is 18.9 Å². The number of benzene rings is 1. The summed E-state index contributed by atoms with van der Waals surface area (Å²) in [5, 5.41) is 2.82. The third kappa shape index (κ3) is 3.32. The molecule has 1 atom stereocenters. The molecule has 1 saturated heterocycles. The number of rotatable bonds is 3. The van der Waals surface area contributed by atoms with Crippen LogP contribution in [0.2, 0.25) is 0 Å². The summed E-state index contributed by atoms with van der Waals surface area (Å²) in [5.74, 6) is 0.356. The number of ether oxygens (including phenoxy) is 1. The summed E-state index contributed by atoms with van der Waals surface area (Å²) in [5.41, 5.74) is -0.284. The van der Waals surface area contributed by atoms with Crippen LogP contribution in [0, 0.1) is 0 Å². The minimum Gasteiger partial charge on any atom is -0.497 e. The van der Waals surface area contributed by atoms with Crippen LogP contribution < -0.4 is 10.1 Å². The minimum atomic E-state index is -3.06. The first-order valence-corrected chi connectivity index (χ1v) is 8.73. The maximum Gasteiger partial charge on any atom is 0.253 e. The number of methoxy groups -OCH3 is 1. The van der Waals surface area contributed by atoms with Crippen LogP contribution in [0.25, 0.3) is 0 Å². The molecule has 0 bridgehead atoms. The molecule has 1 heterocycles. The lowest BCUT2D eigenvalue weighted by Crippen LogP contribution is -2.47. The summed E-state index contributed by atoms with van der Waals surface area (Å²) in [6.45, 7) is 1.75. The summed E-state index contributed by atoms with van der Waals surface area (Å²) < 4.78 is 28.8. The van der Waals surface area contributed by atoms with Gasteiger partial charge in [0.15, 0.2) is 9.84 Å². The van der Waals surface area contributed by atoms with E-state index in [1.54, 1.807) is 25.1 Å². The predicted molar refractivity (Wildman–Crippen MR) is 79.8 cm³/mol. The molecule has 2 rings (SSSR count). The van der Waals surface area contributed by atoms with Gasteiger partial charge >= 0.3 is 0 Å². The molecule has 110 valence electrons. The molecule has 1 N–H and O–H groups in total. The lowest BCUT2D eigenvalue weighted by atomic mass is 10.0. The van der Waals surface area contributed by atoms with Crippen LogP contribution in [-0.4, -0.2) is 38.5 Å². The van der Waals surface area contributed by atoms with Crippen molar-refractivity contribution < 1.29 is 17.9 Å². The Hall–Kier alpha value is -1.08. The smallest absolute Gasteiger partial charge is 0.253 e. The van der Waals surface area contributed by atoms with E-state index in [0.29, 0.717) is 22.2 Å². The van der Waals surface area contributed by atoms with E-state index >= 15 is 0 Å². The van der Waals surface area contributed by atoms with Crippen LogP contribution in [-0.2, 0) is 9.84 Å². The topological polar surface area (TPSA) is 72.5 Å². The molecule has 0 radical (unpaired) electrons. The number of amides is 1. The van der Waals surface area contributed by atoms with Crippen LogP contribution in [0.4, 0.5) is 0 Å². The van der Waals surface area contributed by atoms with Gasteiger partial charge in [0.05, 0.1) is 29.7 Å². The van der Waals surface area contributed by atoms with Crippen molar-refractivity contribution in [3.63, 3.8) is 0 Å². The Morgan fingerprint density at radius 3 is 2.70 bits per heavy atom. The van der Waals surface area contributed by atoms with Crippen LogP contribution in [0.1, 0.15) is 23.7 Å². The van der Waals surface area contributed by atoms with Crippen LogP contribution in [0.15, 0.2) is 22.7 Å². The first kappa shape index (κ1) is 15.3. The van der Waals surface area contributed by atoms with Gasteiger partial charge < -0.3 is 10.1 Å². The highest BCUT2D eigenvalue weighted by Crippen LogP contribution is 2.26. The fourth-order valence-corrected chi connectivity index (χ4v) is 4.78. The molecule has 5 nitrogen and oxygen atoms in total. The van der Waals surface area contributed by atoms with Crippen molar-refractivity contribution in [2.75, 3.05) is 18.6 Å². The quantitative estimate of drug-likeness (QED) is 0.890. The zero-order valence-electron chi connectivity index (χ0n) is 11.3. The van der Waals surface area contributed by atoms with Crippen molar-refractivity contribution >= 4 is 31.7 Å². The highest BCUT2D eigenvalue weighted by Gasteiger charge is 2.39. The number of sulfone groups is 1. The molecular formula is C13H16BrNO4S. The van der Waals surface area contributed by atoms with Crippen LogP contribution in [0.5, 0.6) is 5.75 Å². The lowest BCUT2D eigenvalue weighted by Gasteiger charge is -2.24. The van der Waals surface area contributed by atoms with E-state index in [1.807, 2.05) is 0 Å². The molecule has 0 aromatic heterocycles. The normalized spacial score (nSPS) is 24.4. The van der Waals surface area contributed by atoms with Crippen LogP contribution in [0.3, 0.4) is 0 Å². The highest BCUT2D eigenvalue weighted by molar-refractivity contribution is 9.10. The average Bonchev–Trinajstić information content (AvgIpc) is 2.63. The zero-order chi connectivity index (χ0) is 15.0. The molecular weight excluding hydrogens is 346 g/mol. The third-order valence-corrected chi connectivity index (χ3v) is 5.93. The van der Waals surface area contributed by atoms with Gasteiger partial charge in [-0.1, -0.05) is 0 Å². The Bertz CT molecular complexity index is 644. The van der Waals surface area contributed by atoms with Crippen molar-refractivity contribution in [1.82, 2.24) is 5.32 Å². The SMILES string of the molecule is COc1ccc(Br)c(C(=O)NC2(C)CCS(=O)(=O)C2)c1. The molecule has 20 heavy (non-hydrogen) atoms. The van der Waals surface area contributed by atoms with Gasteiger partial charge in [-0.05, 0) is 47.5 Å². The molecule has 1 unspecified atom stereocenters. The van der Waals surface area contributed by atoms with E-state index in [9.17, 15) is 13.2 Å². The molecule has 1 aromatic rings. The Balaban J connectivity index is 2.21. The molecule has 0 saturated carbocycles. The Kier molecular flexibility index (Phi) is 4.11. The van der Waals surface area contributed by atoms with Gasteiger partial charge in [0, 0.05) is 4.47 Å². The molecule has 1 amide bonds. The predicted octanol–water partition coefficient (Wildman–Crippen LogP) is 1.76. The molecule has 7 heteroatoms. The molecule has 0 aliphatic carbocycles. The number of halogens is 1. The van der Waals surface area contributed by atoms with E-state index in [4.69, 9.17) is 4.74 Å². The summed E-state index contributed by atoms with van der Waals surface area (Å²) >= 11 is 3.32. The van der Waals surface area contributed by atoms with E-state index in [2.05, 4.69) is 21.2 Å². The lowest BCUT2D eigenvalue weighted by molar-refractivity contribution is 0.0914. The Morgan fingerprint density at radius 1 is 1.45 bits per heavy atom. The van der Waals surface area contributed by atoms with Crippen molar-refractivity contribution in [1.29, 1.82) is 0 Å². The first-order chi connectivity index (χ1) is 9.25. The highest BCUT2D eigenvalue weighted by atomic mass is 79.9. The molecule has 1 fully saturated rings. The van der Waals surface area contributed by atoms with Gasteiger partial charge in [0.2, 0.25) is 0 Å². The van der Waals surface area contributed by atoms with Gasteiger partial charge in [-0.3, -0.25) is 4.79 Å². The number of nitrogens with one attached hydrogen (secondary N) is 1. The van der Waals surface area contributed by atoms with Crippen LogP contribution >= 0.6 is 15.9 Å². The molecule has 1 aromatic carbocycles. The maximum absolute atomic E-state index is 12.3. The van der Waals surface area contributed by atoms with Gasteiger partial charge in [-0.15, -0.1) is 0 Å². The second kappa shape index (κ2) is 5.37. The average molecular weight is 362 g/mol. The van der Waals surface area contributed by atoms with Crippen molar-refractivity contribution in [3.8, 4) is 5.75 Å². The fraction of sp³-hybridized carbons (Fsp3) is 0.462. The fourth-order valence-electron chi connectivity index (χ4n) is 2.26. The second-order valence-electron chi connectivity index (χ2n) is 5.20. The second-order valence-corrected chi connectivity index (χ2v) is 8.24. The summed E-state index contributed by atoms with van der Waals surface area (Å²) in [4.78, 5) is 12.3. The summed E-state index contributed by atoms with van der Waals surface area (Å²) in [6.07, 6.45) is 0.433. The molecule has 0 spiro atoms. The standard InChI is InChI=1S/C13H16BrNO4S/c1-13(5-6-20(17,18)8-13)15-12(16)10-7-9(19-2)3-4-11(10)14/h3-4,7H,5-6,8H2,1-2H3,(H,15,16). The Labute approximate surface area is 126 Å². The van der Waals surface area contributed by atoms with E-state index < -0.39 is 15.4 Å².